The fourth-order valence-corrected chi connectivity index (χ4v) is 5.55. The summed E-state index contributed by atoms with van der Waals surface area (Å²) in [5, 5.41) is 13.9. The monoisotopic (exact) mass is 486 g/mol. The number of aromatic amines is 1. The quantitative estimate of drug-likeness (QED) is 0.414. The molecule has 3 heterocycles. The van der Waals surface area contributed by atoms with E-state index in [9.17, 15) is 18.3 Å². The lowest BCUT2D eigenvalue weighted by molar-refractivity contribution is -0.0864. The van der Waals surface area contributed by atoms with Gasteiger partial charge < -0.3 is 15.4 Å². The summed E-state index contributed by atoms with van der Waals surface area (Å²) in [6, 6.07) is 15.9. The predicted octanol–water partition coefficient (Wildman–Crippen LogP) is 4.59. The van der Waals surface area contributed by atoms with Gasteiger partial charge in [0.2, 0.25) is 0 Å². The van der Waals surface area contributed by atoms with Crippen LogP contribution in [-0.4, -0.2) is 77.4 Å². The number of hydrogen-bond acceptors (Lipinski definition) is 4. The van der Waals surface area contributed by atoms with Crippen molar-refractivity contribution in [2.24, 2.45) is 0 Å². The van der Waals surface area contributed by atoms with Crippen LogP contribution in [0.3, 0.4) is 0 Å². The third kappa shape index (κ3) is 4.92. The zero-order valence-electron chi connectivity index (χ0n) is 20.0. The van der Waals surface area contributed by atoms with Gasteiger partial charge in [0.25, 0.3) is 5.92 Å². The summed E-state index contributed by atoms with van der Waals surface area (Å²) in [7, 11) is 0. The first-order chi connectivity index (χ1) is 16.9. The molecule has 1 saturated heterocycles. The Labute approximate surface area is 203 Å². The maximum atomic E-state index is 14.4. The molecule has 35 heavy (non-hydrogen) atoms. The number of H-pyrrole nitrogens is 1. The summed E-state index contributed by atoms with van der Waals surface area (Å²) in [4.78, 5) is 7.55. The van der Waals surface area contributed by atoms with Crippen LogP contribution in [0, 0.1) is 0 Å². The van der Waals surface area contributed by atoms with E-state index in [1.54, 1.807) is 0 Å². The van der Waals surface area contributed by atoms with Gasteiger partial charge in [-0.2, -0.15) is 0 Å². The number of nitrogens with zero attached hydrogens (tertiary/aromatic N) is 2. The van der Waals surface area contributed by atoms with Crippen molar-refractivity contribution in [2.45, 2.75) is 43.8 Å². The predicted molar refractivity (Wildman–Crippen MR) is 133 cm³/mol. The highest BCUT2D eigenvalue weighted by Gasteiger charge is 2.41. The smallest absolute Gasteiger partial charge is 0.283 e. The van der Waals surface area contributed by atoms with Crippen molar-refractivity contribution in [1.82, 2.24) is 14.8 Å². The Morgan fingerprint density at radius 1 is 1.11 bits per heavy atom. The number of benzene rings is 2. The first-order valence-corrected chi connectivity index (χ1v) is 12.4. The zero-order valence-corrected chi connectivity index (χ0v) is 20.0. The number of aliphatic hydroxyl groups excluding tert-OH is 1. The molecule has 2 aliphatic rings. The number of halogens is 3. The third-order valence-corrected chi connectivity index (χ3v) is 7.32. The van der Waals surface area contributed by atoms with E-state index in [0.717, 1.165) is 47.5 Å². The van der Waals surface area contributed by atoms with Crippen LogP contribution in [0.5, 0.6) is 0 Å². The van der Waals surface area contributed by atoms with E-state index < -0.39 is 19.1 Å². The zero-order chi connectivity index (χ0) is 24.6. The van der Waals surface area contributed by atoms with Gasteiger partial charge in [0, 0.05) is 48.0 Å². The van der Waals surface area contributed by atoms with E-state index in [4.69, 9.17) is 0 Å². The normalized spacial score (nSPS) is 21.7. The summed E-state index contributed by atoms with van der Waals surface area (Å²) >= 11 is 0. The molecule has 2 aliphatic heterocycles. The van der Waals surface area contributed by atoms with Gasteiger partial charge in [-0.1, -0.05) is 30.3 Å². The molecule has 5 nitrogen and oxygen atoms in total. The Hall–Kier alpha value is -2.55. The van der Waals surface area contributed by atoms with E-state index in [0.29, 0.717) is 18.9 Å². The molecule has 1 fully saturated rings. The number of hydrogen-bond donors (Lipinski definition) is 3. The molecule has 3 N–H and O–H groups in total. The summed E-state index contributed by atoms with van der Waals surface area (Å²) < 4.78 is 41.2. The molecule has 3 aromatic rings. The van der Waals surface area contributed by atoms with Crippen molar-refractivity contribution >= 4 is 16.6 Å². The number of alkyl halides is 3. The number of para-hydroxylation sites is 1. The van der Waals surface area contributed by atoms with E-state index in [1.807, 2.05) is 54.3 Å². The molecular formula is C27H33F3N4O. The summed E-state index contributed by atoms with van der Waals surface area (Å²) in [5.74, 6) is -3.18. The maximum Gasteiger partial charge on any atom is 0.283 e. The Bertz CT molecular complexity index is 1140. The third-order valence-electron chi connectivity index (χ3n) is 7.32. The van der Waals surface area contributed by atoms with Gasteiger partial charge in [-0.15, -0.1) is 0 Å². The molecule has 5 rings (SSSR count). The minimum Gasteiger partial charge on any atom is -0.390 e. The average Bonchev–Trinajstić information content (AvgIpc) is 3.19. The number of anilines is 1. The van der Waals surface area contributed by atoms with Gasteiger partial charge in [0.15, 0.2) is 0 Å². The van der Waals surface area contributed by atoms with Crippen LogP contribution in [-0.2, 0) is 6.42 Å². The van der Waals surface area contributed by atoms with Crippen LogP contribution in [0.2, 0.25) is 0 Å². The average molecular weight is 487 g/mol. The first kappa shape index (κ1) is 24.2. The minimum absolute atomic E-state index is 0.118. The molecule has 0 bridgehead atoms. The number of likely N-dealkylation sites (tertiary alicyclic amines) is 1. The van der Waals surface area contributed by atoms with Crippen molar-refractivity contribution in [3.8, 4) is 0 Å². The number of rotatable bonds is 9. The second kappa shape index (κ2) is 9.84. The van der Waals surface area contributed by atoms with Crippen LogP contribution >= 0.6 is 0 Å². The second-order valence-electron chi connectivity index (χ2n) is 9.97. The molecule has 188 valence electrons. The highest BCUT2D eigenvalue weighted by molar-refractivity contribution is 5.85. The van der Waals surface area contributed by atoms with Crippen molar-refractivity contribution in [2.75, 3.05) is 44.8 Å². The van der Waals surface area contributed by atoms with Crippen LogP contribution in [0.25, 0.3) is 10.9 Å². The van der Waals surface area contributed by atoms with Gasteiger partial charge >= 0.3 is 0 Å². The molecule has 2 aromatic carbocycles. The number of fused-ring (bicyclic) bond motifs is 3. The van der Waals surface area contributed by atoms with Gasteiger partial charge in [0.1, 0.15) is 6.61 Å². The van der Waals surface area contributed by atoms with Crippen LogP contribution < -0.4 is 5.32 Å². The molecule has 0 radical (unpaired) electrons. The summed E-state index contributed by atoms with van der Waals surface area (Å²) in [6.45, 7) is 2.58. The second-order valence-corrected chi connectivity index (χ2v) is 9.97. The first-order valence-electron chi connectivity index (χ1n) is 12.4. The topological polar surface area (TPSA) is 54.5 Å². The lowest BCUT2D eigenvalue weighted by atomic mass is 9.88. The number of nitrogens with one attached hydrogen (secondary N) is 2. The lowest BCUT2D eigenvalue weighted by Crippen LogP contribution is -2.54. The van der Waals surface area contributed by atoms with E-state index in [2.05, 4.69) is 21.3 Å². The SMILES string of the molecule is CC1Cc2c([nH]c3ccccc23)C(c2ccc(NC3CN(CCCF)C3)cc2)N1CC(F)(F)CO. The highest BCUT2D eigenvalue weighted by Crippen LogP contribution is 2.42. The van der Waals surface area contributed by atoms with E-state index in [-0.39, 0.29) is 18.8 Å². The lowest BCUT2D eigenvalue weighted by Gasteiger charge is -2.42. The van der Waals surface area contributed by atoms with Crippen LogP contribution in [0.4, 0.5) is 18.9 Å². The molecule has 0 spiro atoms. The van der Waals surface area contributed by atoms with Crippen molar-refractivity contribution in [1.29, 1.82) is 0 Å². The van der Waals surface area contributed by atoms with Crippen LogP contribution in [0.1, 0.15) is 36.2 Å². The Kier molecular flexibility index (Phi) is 6.79. The maximum absolute atomic E-state index is 14.4. The number of aliphatic hydroxyl groups is 1. The minimum atomic E-state index is -3.18. The van der Waals surface area contributed by atoms with Crippen molar-refractivity contribution in [3.63, 3.8) is 0 Å². The fourth-order valence-electron chi connectivity index (χ4n) is 5.55. The Morgan fingerprint density at radius 3 is 2.57 bits per heavy atom. The Morgan fingerprint density at radius 2 is 1.86 bits per heavy atom. The summed E-state index contributed by atoms with van der Waals surface area (Å²) in [5.41, 5.74) is 5.04. The summed E-state index contributed by atoms with van der Waals surface area (Å²) in [6.07, 6.45) is 1.24. The standard InChI is InChI=1S/C27H33F3N4O/c1-18-13-23-22-5-2-3-6-24(22)32-25(23)26(34(18)16-27(29,30)17-35)19-7-9-20(10-8-19)31-21-14-33(15-21)12-4-11-28/h2-3,5-10,18,21,26,31-32,35H,4,11-17H2,1H3. The van der Waals surface area contributed by atoms with Crippen molar-refractivity contribution < 1.29 is 18.3 Å². The molecule has 1 aromatic heterocycles. The molecular weight excluding hydrogens is 453 g/mol. The Balaban J connectivity index is 1.41. The molecule has 8 heteroatoms. The van der Waals surface area contributed by atoms with Gasteiger partial charge in [-0.25, -0.2) is 8.78 Å². The van der Waals surface area contributed by atoms with Gasteiger partial charge in [-0.3, -0.25) is 14.2 Å². The highest BCUT2D eigenvalue weighted by atomic mass is 19.3. The largest absolute Gasteiger partial charge is 0.390 e. The molecule has 0 amide bonds. The number of aromatic nitrogens is 1. The molecule has 2 unspecified atom stereocenters. The van der Waals surface area contributed by atoms with Gasteiger partial charge in [-0.05, 0) is 49.1 Å². The molecule has 2 atom stereocenters. The van der Waals surface area contributed by atoms with Crippen LogP contribution in [0.15, 0.2) is 48.5 Å². The van der Waals surface area contributed by atoms with E-state index >= 15 is 0 Å². The van der Waals surface area contributed by atoms with Crippen molar-refractivity contribution in [3.05, 3.63) is 65.4 Å². The van der Waals surface area contributed by atoms with Gasteiger partial charge in [0.05, 0.1) is 25.3 Å². The van der Waals surface area contributed by atoms with E-state index in [1.165, 1.54) is 5.56 Å². The molecule has 0 saturated carbocycles. The fraction of sp³-hybridized carbons (Fsp3) is 0.481. The molecule has 0 aliphatic carbocycles.